The Morgan fingerprint density at radius 2 is 2.05 bits per heavy atom. The number of carbonyl (C=O) groups is 1. The Hall–Kier alpha value is -0.610. The Bertz CT molecular complexity index is 318. The maximum atomic E-state index is 13.2. The molecule has 0 aromatic heterocycles. The SMILES string of the molecule is CCCC1(C(=O)N2CCCC2CN(C)C)CCNCC1. The summed E-state index contributed by atoms with van der Waals surface area (Å²) in [7, 11) is 4.21. The molecule has 2 aliphatic rings. The largest absolute Gasteiger partial charge is 0.338 e. The molecule has 1 atom stereocenters. The van der Waals surface area contributed by atoms with E-state index >= 15 is 0 Å². The zero-order chi connectivity index (χ0) is 14.6. The van der Waals surface area contributed by atoms with E-state index < -0.39 is 0 Å². The molecule has 116 valence electrons. The minimum atomic E-state index is -0.0745. The van der Waals surface area contributed by atoms with Gasteiger partial charge in [0, 0.05) is 19.1 Å². The van der Waals surface area contributed by atoms with E-state index in [9.17, 15) is 4.79 Å². The Kier molecular flexibility index (Phi) is 5.44. The average molecular weight is 281 g/mol. The van der Waals surface area contributed by atoms with Crippen LogP contribution in [0.1, 0.15) is 45.4 Å². The van der Waals surface area contributed by atoms with E-state index in [0.717, 1.165) is 51.9 Å². The number of nitrogens with one attached hydrogen (secondary N) is 1. The van der Waals surface area contributed by atoms with Crippen molar-refractivity contribution in [2.24, 2.45) is 5.41 Å². The minimum absolute atomic E-state index is 0.0745. The molecule has 2 heterocycles. The summed E-state index contributed by atoms with van der Waals surface area (Å²) in [6.07, 6.45) is 6.54. The van der Waals surface area contributed by atoms with Crippen molar-refractivity contribution in [3.05, 3.63) is 0 Å². The molecule has 0 saturated carbocycles. The van der Waals surface area contributed by atoms with Crippen LogP contribution in [-0.2, 0) is 4.79 Å². The zero-order valence-electron chi connectivity index (χ0n) is 13.5. The van der Waals surface area contributed by atoms with E-state index in [2.05, 4.69) is 36.1 Å². The van der Waals surface area contributed by atoms with Crippen LogP contribution in [-0.4, -0.2) is 62.0 Å². The van der Waals surface area contributed by atoms with Crippen LogP contribution in [0.15, 0.2) is 0 Å². The van der Waals surface area contributed by atoms with E-state index in [4.69, 9.17) is 0 Å². The van der Waals surface area contributed by atoms with Gasteiger partial charge >= 0.3 is 0 Å². The molecule has 0 aliphatic carbocycles. The van der Waals surface area contributed by atoms with Gasteiger partial charge in [-0.3, -0.25) is 4.79 Å². The van der Waals surface area contributed by atoms with E-state index in [1.54, 1.807) is 0 Å². The molecule has 0 radical (unpaired) electrons. The monoisotopic (exact) mass is 281 g/mol. The summed E-state index contributed by atoms with van der Waals surface area (Å²) in [5.41, 5.74) is -0.0745. The number of hydrogen-bond donors (Lipinski definition) is 1. The fraction of sp³-hybridized carbons (Fsp3) is 0.938. The van der Waals surface area contributed by atoms with Crippen molar-refractivity contribution in [1.29, 1.82) is 0 Å². The highest BCUT2D eigenvalue weighted by Crippen LogP contribution is 2.38. The third-order valence-corrected chi connectivity index (χ3v) is 4.96. The van der Waals surface area contributed by atoms with Gasteiger partial charge in [-0.05, 0) is 59.3 Å². The van der Waals surface area contributed by atoms with Crippen LogP contribution in [0.4, 0.5) is 0 Å². The Balaban J connectivity index is 2.10. The Labute approximate surface area is 123 Å². The molecule has 1 amide bonds. The number of likely N-dealkylation sites (N-methyl/N-ethyl adjacent to an activating group) is 1. The second-order valence-electron chi connectivity index (χ2n) is 6.84. The molecule has 0 bridgehead atoms. The molecule has 20 heavy (non-hydrogen) atoms. The van der Waals surface area contributed by atoms with Crippen LogP contribution >= 0.6 is 0 Å². The van der Waals surface area contributed by atoms with Gasteiger partial charge in [0.2, 0.25) is 5.91 Å². The maximum Gasteiger partial charge on any atom is 0.229 e. The molecule has 4 heteroatoms. The van der Waals surface area contributed by atoms with Gasteiger partial charge < -0.3 is 15.1 Å². The number of hydrogen-bond acceptors (Lipinski definition) is 3. The first-order valence-corrected chi connectivity index (χ1v) is 8.25. The van der Waals surface area contributed by atoms with Gasteiger partial charge in [-0.15, -0.1) is 0 Å². The van der Waals surface area contributed by atoms with E-state index in [1.165, 1.54) is 12.8 Å². The fourth-order valence-corrected chi connectivity index (χ4v) is 3.97. The summed E-state index contributed by atoms with van der Waals surface area (Å²) in [6.45, 7) is 6.18. The lowest BCUT2D eigenvalue weighted by Crippen LogP contribution is -2.52. The van der Waals surface area contributed by atoms with Gasteiger partial charge in [0.15, 0.2) is 0 Å². The van der Waals surface area contributed by atoms with Crippen molar-refractivity contribution in [3.8, 4) is 0 Å². The quantitative estimate of drug-likeness (QED) is 0.833. The van der Waals surface area contributed by atoms with Crippen molar-refractivity contribution in [1.82, 2.24) is 15.1 Å². The first-order valence-electron chi connectivity index (χ1n) is 8.25. The Morgan fingerprint density at radius 3 is 2.65 bits per heavy atom. The van der Waals surface area contributed by atoms with Crippen molar-refractivity contribution >= 4 is 5.91 Å². The molecule has 2 fully saturated rings. The van der Waals surface area contributed by atoms with Crippen LogP contribution < -0.4 is 5.32 Å². The first-order chi connectivity index (χ1) is 9.59. The van der Waals surface area contributed by atoms with Gasteiger partial charge in [-0.1, -0.05) is 13.3 Å². The lowest BCUT2D eigenvalue weighted by molar-refractivity contribution is -0.145. The number of amides is 1. The topological polar surface area (TPSA) is 35.6 Å². The van der Waals surface area contributed by atoms with Gasteiger partial charge in [-0.25, -0.2) is 0 Å². The molecule has 2 aliphatic heterocycles. The summed E-state index contributed by atoms with van der Waals surface area (Å²) < 4.78 is 0. The molecule has 0 spiro atoms. The van der Waals surface area contributed by atoms with Gasteiger partial charge in [0.25, 0.3) is 0 Å². The number of carbonyl (C=O) groups excluding carboxylic acids is 1. The average Bonchev–Trinajstić information content (AvgIpc) is 2.86. The number of rotatable bonds is 5. The van der Waals surface area contributed by atoms with Crippen LogP contribution in [0.3, 0.4) is 0 Å². The van der Waals surface area contributed by atoms with Crippen molar-refractivity contribution in [3.63, 3.8) is 0 Å². The molecule has 0 aromatic carbocycles. The summed E-state index contributed by atoms with van der Waals surface area (Å²) in [4.78, 5) is 17.6. The summed E-state index contributed by atoms with van der Waals surface area (Å²) >= 11 is 0. The van der Waals surface area contributed by atoms with Crippen molar-refractivity contribution in [2.45, 2.75) is 51.5 Å². The highest BCUT2D eigenvalue weighted by molar-refractivity contribution is 5.83. The van der Waals surface area contributed by atoms with E-state index in [0.29, 0.717) is 11.9 Å². The highest BCUT2D eigenvalue weighted by atomic mass is 16.2. The smallest absolute Gasteiger partial charge is 0.229 e. The predicted molar refractivity (Wildman–Crippen MR) is 82.7 cm³/mol. The minimum Gasteiger partial charge on any atom is -0.338 e. The van der Waals surface area contributed by atoms with Crippen molar-refractivity contribution in [2.75, 3.05) is 40.3 Å². The third kappa shape index (κ3) is 3.34. The summed E-state index contributed by atoms with van der Waals surface area (Å²) in [5, 5.41) is 3.41. The molecule has 2 saturated heterocycles. The molecule has 2 rings (SSSR count). The van der Waals surface area contributed by atoms with Gasteiger partial charge in [0.05, 0.1) is 5.41 Å². The lowest BCUT2D eigenvalue weighted by atomic mass is 9.74. The number of likely N-dealkylation sites (tertiary alicyclic amines) is 1. The molecule has 4 nitrogen and oxygen atoms in total. The molecule has 0 aromatic rings. The molecular formula is C16H31N3O. The maximum absolute atomic E-state index is 13.2. The lowest BCUT2D eigenvalue weighted by Gasteiger charge is -2.41. The standard InChI is InChI=1S/C16H31N3O/c1-4-7-16(8-10-17-11-9-16)15(20)19-12-5-6-14(19)13-18(2)3/h14,17H,4-13H2,1-3H3. The highest BCUT2D eigenvalue weighted by Gasteiger charge is 2.44. The zero-order valence-corrected chi connectivity index (χ0v) is 13.5. The van der Waals surface area contributed by atoms with Gasteiger partial charge in [0.1, 0.15) is 0 Å². The fourth-order valence-electron chi connectivity index (χ4n) is 3.97. The molecule has 1 unspecified atom stereocenters. The van der Waals surface area contributed by atoms with Crippen LogP contribution in [0.5, 0.6) is 0 Å². The van der Waals surface area contributed by atoms with Crippen LogP contribution in [0, 0.1) is 5.41 Å². The van der Waals surface area contributed by atoms with E-state index in [-0.39, 0.29) is 5.41 Å². The number of nitrogens with zero attached hydrogens (tertiary/aromatic N) is 2. The number of piperidine rings is 1. The van der Waals surface area contributed by atoms with E-state index in [1.807, 2.05) is 0 Å². The van der Waals surface area contributed by atoms with Crippen molar-refractivity contribution < 1.29 is 4.79 Å². The second kappa shape index (κ2) is 6.90. The predicted octanol–water partition coefficient (Wildman–Crippen LogP) is 1.71. The van der Waals surface area contributed by atoms with Crippen LogP contribution in [0.25, 0.3) is 0 Å². The third-order valence-electron chi connectivity index (χ3n) is 4.96. The van der Waals surface area contributed by atoms with Crippen LogP contribution in [0.2, 0.25) is 0 Å². The summed E-state index contributed by atoms with van der Waals surface area (Å²) in [5.74, 6) is 0.449. The normalized spacial score (nSPS) is 26.2. The summed E-state index contributed by atoms with van der Waals surface area (Å²) in [6, 6.07) is 0.432. The molecular weight excluding hydrogens is 250 g/mol. The second-order valence-corrected chi connectivity index (χ2v) is 6.84. The molecule has 1 N–H and O–H groups in total. The van der Waals surface area contributed by atoms with Gasteiger partial charge in [-0.2, -0.15) is 0 Å². The first kappa shape index (κ1) is 15.8. The Morgan fingerprint density at radius 1 is 1.35 bits per heavy atom.